The fraction of sp³-hybridized carbons (Fsp3) is 0.522. The molecule has 1 atom stereocenters. The number of morpholine rings is 1. The highest BCUT2D eigenvalue weighted by molar-refractivity contribution is 5.82. The quantitative estimate of drug-likeness (QED) is 0.693. The van der Waals surface area contributed by atoms with Crippen LogP contribution >= 0.6 is 0 Å². The highest BCUT2D eigenvalue weighted by Gasteiger charge is 2.22. The van der Waals surface area contributed by atoms with Crippen LogP contribution < -0.4 is 15.0 Å². The van der Waals surface area contributed by atoms with E-state index in [4.69, 9.17) is 9.47 Å². The monoisotopic (exact) mass is 422 g/mol. The highest BCUT2D eigenvalue weighted by atomic mass is 16.5. The SMILES string of the molecule is COc1nc(N2CCOC(C)C2)cc(-n2ncc3cc(C)c(C4CCNCC4)cc32)n1. The summed E-state index contributed by atoms with van der Waals surface area (Å²) >= 11 is 0. The minimum absolute atomic E-state index is 0.166. The second kappa shape index (κ2) is 8.43. The molecule has 2 fully saturated rings. The Balaban J connectivity index is 1.57. The predicted molar refractivity (Wildman–Crippen MR) is 120 cm³/mol. The Morgan fingerprint density at radius 3 is 2.71 bits per heavy atom. The van der Waals surface area contributed by atoms with E-state index in [-0.39, 0.29) is 6.10 Å². The van der Waals surface area contributed by atoms with Gasteiger partial charge in [0.15, 0.2) is 5.82 Å². The van der Waals surface area contributed by atoms with Crippen molar-refractivity contribution in [3.05, 3.63) is 35.5 Å². The van der Waals surface area contributed by atoms with Crippen molar-refractivity contribution in [2.24, 2.45) is 0 Å². The maximum absolute atomic E-state index is 5.69. The van der Waals surface area contributed by atoms with Gasteiger partial charge in [0.1, 0.15) is 5.82 Å². The van der Waals surface area contributed by atoms with Crippen molar-refractivity contribution in [1.82, 2.24) is 25.1 Å². The standard InChI is InChI=1S/C23H30N6O2/c1-15-10-18-13-25-29(20(18)11-19(15)17-4-6-24-7-5-17)22-12-21(26-23(27-22)30-3)28-8-9-31-16(2)14-28/h10-13,16-17,24H,4-9,14H2,1-3H3. The third-order valence-electron chi connectivity index (χ3n) is 6.38. The van der Waals surface area contributed by atoms with Crippen molar-refractivity contribution in [3.63, 3.8) is 0 Å². The number of methoxy groups -OCH3 is 1. The maximum atomic E-state index is 5.69. The second-order valence-electron chi connectivity index (χ2n) is 8.55. The van der Waals surface area contributed by atoms with Crippen LogP contribution in [0.2, 0.25) is 0 Å². The number of anilines is 1. The summed E-state index contributed by atoms with van der Waals surface area (Å²) in [5.74, 6) is 2.14. The molecule has 3 aromatic rings. The largest absolute Gasteiger partial charge is 0.467 e. The molecule has 0 aliphatic carbocycles. The van der Waals surface area contributed by atoms with Gasteiger partial charge in [-0.1, -0.05) is 0 Å². The van der Waals surface area contributed by atoms with Crippen LogP contribution in [-0.4, -0.2) is 65.7 Å². The summed E-state index contributed by atoms with van der Waals surface area (Å²) in [7, 11) is 1.60. The Bertz CT molecular complexity index is 1080. The highest BCUT2D eigenvalue weighted by Crippen LogP contribution is 2.32. The van der Waals surface area contributed by atoms with E-state index >= 15 is 0 Å². The third-order valence-corrected chi connectivity index (χ3v) is 6.38. The number of benzene rings is 1. The molecule has 2 saturated heterocycles. The van der Waals surface area contributed by atoms with Gasteiger partial charge in [-0.15, -0.1) is 0 Å². The van der Waals surface area contributed by atoms with Crippen molar-refractivity contribution in [2.45, 2.75) is 38.7 Å². The van der Waals surface area contributed by atoms with Crippen molar-refractivity contribution < 1.29 is 9.47 Å². The Labute approximate surface area is 182 Å². The molecule has 0 bridgehead atoms. The van der Waals surface area contributed by atoms with Gasteiger partial charge in [0, 0.05) is 24.5 Å². The van der Waals surface area contributed by atoms with E-state index in [2.05, 4.69) is 51.3 Å². The van der Waals surface area contributed by atoms with Gasteiger partial charge < -0.3 is 19.7 Å². The Kier molecular flexibility index (Phi) is 5.50. The molecule has 8 nitrogen and oxygen atoms in total. The number of aromatic nitrogens is 4. The van der Waals surface area contributed by atoms with Gasteiger partial charge in [-0.05, 0) is 69.0 Å². The van der Waals surface area contributed by atoms with Crippen LogP contribution in [-0.2, 0) is 4.74 Å². The van der Waals surface area contributed by atoms with Crippen LogP contribution in [0.15, 0.2) is 24.4 Å². The maximum Gasteiger partial charge on any atom is 0.320 e. The fourth-order valence-corrected chi connectivity index (χ4v) is 4.75. The van der Waals surface area contributed by atoms with E-state index in [1.807, 2.05) is 16.9 Å². The molecule has 0 saturated carbocycles. The molecule has 1 N–H and O–H groups in total. The summed E-state index contributed by atoms with van der Waals surface area (Å²) in [5, 5.41) is 9.27. The number of hydrogen-bond acceptors (Lipinski definition) is 7. The first-order valence-electron chi connectivity index (χ1n) is 11.1. The first-order chi connectivity index (χ1) is 15.1. The lowest BCUT2D eigenvalue weighted by atomic mass is 9.87. The molecular formula is C23H30N6O2. The molecule has 31 heavy (non-hydrogen) atoms. The molecule has 2 aromatic heterocycles. The van der Waals surface area contributed by atoms with Gasteiger partial charge in [0.2, 0.25) is 0 Å². The van der Waals surface area contributed by atoms with Gasteiger partial charge in [-0.3, -0.25) is 0 Å². The van der Waals surface area contributed by atoms with Crippen LogP contribution in [0.4, 0.5) is 5.82 Å². The van der Waals surface area contributed by atoms with E-state index in [0.717, 1.165) is 48.7 Å². The van der Waals surface area contributed by atoms with E-state index in [1.165, 1.54) is 24.0 Å². The van der Waals surface area contributed by atoms with Crippen LogP contribution in [0.5, 0.6) is 6.01 Å². The lowest BCUT2D eigenvalue weighted by Crippen LogP contribution is -2.41. The van der Waals surface area contributed by atoms with Crippen LogP contribution in [0.25, 0.3) is 16.7 Å². The zero-order chi connectivity index (χ0) is 21.4. The summed E-state index contributed by atoms with van der Waals surface area (Å²) in [5.41, 5.74) is 3.82. The number of rotatable bonds is 4. The minimum Gasteiger partial charge on any atom is -0.467 e. The second-order valence-corrected chi connectivity index (χ2v) is 8.55. The van der Waals surface area contributed by atoms with Crippen molar-refractivity contribution in [1.29, 1.82) is 0 Å². The number of nitrogens with one attached hydrogen (secondary N) is 1. The lowest BCUT2D eigenvalue weighted by molar-refractivity contribution is 0.0529. The molecule has 2 aliphatic heterocycles. The molecule has 1 aromatic carbocycles. The normalized spacial score (nSPS) is 20.4. The van der Waals surface area contributed by atoms with Crippen molar-refractivity contribution >= 4 is 16.7 Å². The Morgan fingerprint density at radius 2 is 1.94 bits per heavy atom. The molecule has 0 radical (unpaired) electrons. The molecular weight excluding hydrogens is 392 g/mol. The first kappa shape index (κ1) is 20.2. The average molecular weight is 423 g/mol. The molecule has 0 spiro atoms. The molecule has 4 heterocycles. The molecule has 1 unspecified atom stereocenters. The Hall–Kier alpha value is -2.71. The van der Waals surface area contributed by atoms with E-state index in [1.54, 1.807) is 7.11 Å². The fourth-order valence-electron chi connectivity index (χ4n) is 4.75. The number of hydrogen-bond donors (Lipinski definition) is 1. The molecule has 0 amide bonds. The number of ether oxygens (including phenoxy) is 2. The zero-order valence-electron chi connectivity index (χ0n) is 18.5. The summed E-state index contributed by atoms with van der Waals surface area (Å²) in [4.78, 5) is 11.4. The number of fused-ring (bicyclic) bond motifs is 1. The molecule has 2 aliphatic rings. The predicted octanol–water partition coefficient (Wildman–Crippen LogP) is 2.82. The number of nitrogens with zero attached hydrogens (tertiary/aromatic N) is 5. The summed E-state index contributed by atoms with van der Waals surface area (Å²) in [6.07, 6.45) is 4.42. The van der Waals surface area contributed by atoms with E-state index in [0.29, 0.717) is 18.5 Å². The third kappa shape index (κ3) is 3.97. The average Bonchev–Trinajstić information content (AvgIpc) is 3.21. The van der Waals surface area contributed by atoms with Gasteiger partial charge in [-0.25, -0.2) is 4.68 Å². The van der Waals surface area contributed by atoms with Crippen LogP contribution in [0, 0.1) is 6.92 Å². The molecule has 8 heteroatoms. The number of piperidine rings is 1. The van der Waals surface area contributed by atoms with Crippen molar-refractivity contribution in [3.8, 4) is 11.8 Å². The van der Waals surface area contributed by atoms with Gasteiger partial charge in [0.05, 0.1) is 31.5 Å². The van der Waals surface area contributed by atoms with Crippen molar-refractivity contribution in [2.75, 3.05) is 44.8 Å². The zero-order valence-corrected chi connectivity index (χ0v) is 18.5. The number of aryl methyl sites for hydroxylation is 1. The van der Waals surface area contributed by atoms with Gasteiger partial charge >= 0.3 is 6.01 Å². The lowest BCUT2D eigenvalue weighted by Gasteiger charge is -2.32. The van der Waals surface area contributed by atoms with Gasteiger partial charge in [0.25, 0.3) is 0 Å². The summed E-state index contributed by atoms with van der Waals surface area (Å²) < 4.78 is 13.0. The van der Waals surface area contributed by atoms with Gasteiger partial charge in [-0.2, -0.15) is 15.1 Å². The first-order valence-corrected chi connectivity index (χ1v) is 11.1. The minimum atomic E-state index is 0.166. The topological polar surface area (TPSA) is 77.3 Å². The van der Waals surface area contributed by atoms with E-state index in [9.17, 15) is 0 Å². The molecule has 164 valence electrons. The van der Waals surface area contributed by atoms with Crippen LogP contribution in [0.3, 0.4) is 0 Å². The smallest absolute Gasteiger partial charge is 0.320 e. The summed E-state index contributed by atoms with van der Waals surface area (Å²) in [6, 6.07) is 6.90. The summed E-state index contributed by atoms with van der Waals surface area (Å²) in [6.45, 7) is 8.71. The van der Waals surface area contributed by atoms with Crippen LogP contribution in [0.1, 0.15) is 36.8 Å². The Morgan fingerprint density at radius 1 is 1.13 bits per heavy atom. The van der Waals surface area contributed by atoms with E-state index < -0.39 is 0 Å². The molecule has 5 rings (SSSR count).